The standard InChI is InChI=1S/C14H15BrFNS/c1-9-6-7-13(18-9)12(17-2)8-10-4-3-5-11(16)14(10)15/h3-7,12,17H,8H2,1-2H3. The Morgan fingerprint density at radius 3 is 2.72 bits per heavy atom. The van der Waals surface area contributed by atoms with Gasteiger partial charge in [0.25, 0.3) is 0 Å². The molecule has 1 aromatic carbocycles. The summed E-state index contributed by atoms with van der Waals surface area (Å²) in [5, 5.41) is 3.29. The summed E-state index contributed by atoms with van der Waals surface area (Å²) in [5.41, 5.74) is 0.986. The maximum Gasteiger partial charge on any atom is 0.137 e. The van der Waals surface area contributed by atoms with Crippen molar-refractivity contribution in [1.82, 2.24) is 5.32 Å². The third kappa shape index (κ3) is 2.99. The summed E-state index contributed by atoms with van der Waals surface area (Å²) >= 11 is 5.09. The number of halogens is 2. The first-order valence-corrected chi connectivity index (χ1v) is 7.39. The molecule has 0 spiro atoms. The molecule has 2 rings (SSSR count). The maximum absolute atomic E-state index is 13.5. The number of rotatable bonds is 4. The van der Waals surface area contributed by atoms with E-state index in [1.807, 2.05) is 13.1 Å². The van der Waals surface area contributed by atoms with Crippen LogP contribution >= 0.6 is 27.3 Å². The Morgan fingerprint density at radius 1 is 1.33 bits per heavy atom. The van der Waals surface area contributed by atoms with E-state index in [9.17, 15) is 4.39 Å². The van der Waals surface area contributed by atoms with E-state index < -0.39 is 0 Å². The van der Waals surface area contributed by atoms with Crippen LogP contribution in [0.2, 0.25) is 0 Å². The number of hydrogen-bond acceptors (Lipinski definition) is 2. The minimum atomic E-state index is -0.204. The molecule has 1 nitrogen and oxygen atoms in total. The zero-order valence-electron chi connectivity index (χ0n) is 10.3. The Morgan fingerprint density at radius 2 is 2.11 bits per heavy atom. The highest BCUT2D eigenvalue weighted by Crippen LogP contribution is 2.29. The van der Waals surface area contributed by atoms with Crippen molar-refractivity contribution in [3.63, 3.8) is 0 Å². The summed E-state index contributed by atoms with van der Waals surface area (Å²) in [6.45, 7) is 2.10. The highest BCUT2D eigenvalue weighted by Gasteiger charge is 2.15. The van der Waals surface area contributed by atoms with Gasteiger partial charge in [0.05, 0.1) is 4.47 Å². The second kappa shape index (κ2) is 5.95. The molecule has 0 saturated carbocycles. The van der Waals surface area contributed by atoms with Crippen molar-refractivity contribution in [2.24, 2.45) is 0 Å². The lowest BCUT2D eigenvalue weighted by atomic mass is 10.0. The molecule has 0 aliphatic rings. The summed E-state index contributed by atoms with van der Waals surface area (Å²) in [7, 11) is 1.94. The van der Waals surface area contributed by atoms with Gasteiger partial charge in [-0.15, -0.1) is 11.3 Å². The zero-order valence-corrected chi connectivity index (χ0v) is 12.7. The fourth-order valence-electron chi connectivity index (χ4n) is 1.91. The van der Waals surface area contributed by atoms with Gasteiger partial charge in [-0.1, -0.05) is 12.1 Å². The van der Waals surface area contributed by atoms with Crippen LogP contribution in [0.3, 0.4) is 0 Å². The van der Waals surface area contributed by atoms with E-state index in [2.05, 4.69) is 40.3 Å². The molecular formula is C14H15BrFNS. The molecule has 1 aromatic heterocycles. The summed E-state index contributed by atoms with van der Waals surface area (Å²) in [6, 6.07) is 9.65. The van der Waals surface area contributed by atoms with E-state index in [1.54, 1.807) is 17.4 Å². The molecule has 0 bridgehead atoms. The van der Waals surface area contributed by atoms with Crippen molar-refractivity contribution < 1.29 is 4.39 Å². The third-order valence-electron chi connectivity index (χ3n) is 2.91. The first kappa shape index (κ1) is 13.7. The van der Waals surface area contributed by atoms with E-state index in [-0.39, 0.29) is 11.9 Å². The van der Waals surface area contributed by atoms with Gasteiger partial charge in [0.1, 0.15) is 5.82 Å². The van der Waals surface area contributed by atoms with Crippen LogP contribution in [0.25, 0.3) is 0 Å². The Bertz CT molecular complexity index is 538. The van der Waals surface area contributed by atoms with Crippen LogP contribution in [0, 0.1) is 12.7 Å². The number of aryl methyl sites for hydroxylation is 1. The van der Waals surface area contributed by atoms with Crippen molar-refractivity contribution in [3.05, 3.63) is 55.9 Å². The molecule has 0 aliphatic heterocycles. The van der Waals surface area contributed by atoms with E-state index in [0.717, 1.165) is 12.0 Å². The summed E-state index contributed by atoms with van der Waals surface area (Å²) in [6.07, 6.45) is 0.773. The molecule has 0 aliphatic carbocycles. The lowest BCUT2D eigenvalue weighted by Gasteiger charge is -2.15. The highest BCUT2D eigenvalue weighted by atomic mass is 79.9. The normalized spacial score (nSPS) is 12.7. The van der Waals surface area contributed by atoms with E-state index in [4.69, 9.17) is 0 Å². The van der Waals surface area contributed by atoms with Crippen molar-refractivity contribution in [1.29, 1.82) is 0 Å². The number of likely N-dealkylation sites (N-methyl/N-ethyl adjacent to an activating group) is 1. The Hall–Kier alpha value is -0.710. The zero-order chi connectivity index (χ0) is 13.1. The molecule has 96 valence electrons. The minimum absolute atomic E-state index is 0.204. The van der Waals surface area contributed by atoms with Crippen LogP contribution in [-0.2, 0) is 6.42 Å². The van der Waals surface area contributed by atoms with Gasteiger partial charge in [-0.3, -0.25) is 0 Å². The van der Waals surface area contributed by atoms with Crippen LogP contribution in [0.1, 0.15) is 21.4 Å². The monoisotopic (exact) mass is 327 g/mol. The Kier molecular flexibility index (Phi) is 4.54. The molecule has 1 atom stereocenters. The average molecular weight is 328 g/mol. The van der Waals surface area contributed by atoms with Gasteiger partial charge >= 0.3 is 0 Å². The first-order chi connectivity index (χ1) is 8.61. The summed E-state index contributed by atoms with van der Waals surface area (Å²) in [5.74, 6) is -0.204. The second-order valence-corrected chi connectivity index (χ2v) is 6.32. The van der Waals surface area contributed by atoms with Crippen LogP contribution in [0.5, 0.6) is 0 Å². The topological polar surface area (TPSA) is 12.0 Å². The quantitative estimate of drug-likeness (QED) is 0.874. The first-order valence-electron chi connectivity index (χ1n) is 5.78. The highest BCUT2D eigenvalue weighted by molar-refractivity contribution is 9.10. The molecule has 1 heterocycles. The summed E-state index contributed by atoms with van der Waals surface area (Å²) < 4.78 is 14.0. The van der Waals surface area contributed by atoms with Crippen LogP contribution in [0.4, 0.5) is 4.39 Å². The molecule has 0 radical (unpaired) electrons. The third-order valence-corrected chi connectivity index (χ3v) is 4.91. The molecule has 0 amide bonds. The molecule has 4 heteroatoms. The van der Waals surface area contributed by atoms with Gasteiger partial charge in [-0.05, 0) is 60.1 Å². The predicted octanol–water partition coefficient (Wildman–Crippen LogP) is 4.46. The van der Waals surface area contributed by atoms with Crippen LogP contribution in [-0.4, -0.2) is 7.05 Å². The van der Waals surface area contributed by atoms with Gasteiger partial charge in [0.2, 0.25) is 0 Å². The lowest BCUT2D eigenvalue weighted by Crippen LogP contribution is -2.18. The fourth-order valence-corrected chi connectivity index (χ4v) is 3.33. The van der Waals surface area contributed by atoms with Crippen molar-refractivity contribution >= 4 is 27.3 Å². The average Bonchev–Trinajstić information content (AvgIpc) is 2.78. The van der Waals surface area contributed by atoms with Gasteiger partial charge in [-0.2, -0.15) is 0 Å². The maximum atomic E-state index is 13.5. The van der Waals surface area contributed by atoms with Gasteiger partial charge in [0.15, 0.2) is 0 Å². The molecule has 2 aromatic rings. The minimum Gasteiger partial charge on any atom is -0.312 e. The number of thiophene rings is 1. The number of benzene rings is 1. The Labute approximate surface area is 119 Å². The van der Waals surface area contributed by atoms with E-state index in [1.165, 1.54) is 15.8 Å². The fraction of sp³-hybridized carbons (Fsp3) is 0.286. The lowest BCUT2D eigenvalue weighted by molar-refractivity contribution is 0.587. The predicted molar refractivity (Wildman–Crippen MR) is 78.7 cm³/mol. The largest absolute Gasteiger partial charge is 0.312 e. The van der Waals surface area contributed by atoms with Crippen molar-refractivity contribution in [2.75, 3.05) is 7.05 Å². The molecule has 1 N–H and O–H groups in total. The van der Waals surface area contributed by atoms with Crippen LogP contribution in [0.15, 0.2) is 34.8 Å². The van der Waals surface area contributed by atoms with Gasteiger partial charge < -0.3 is 5.32 Å². The van der Waals surface area contributed by atoms with Crippen molar-refractivity contribution in [2.45, 2.75) is 19.4 Å². The summed E-state index contributed by atoms with van der Waals surface area (Å²) in [4.78, 5) is 2.58. The number of hydrogen-bond donors (Lipinski definition) is 1. The second-order valence-electron chi connectivity index (χ2n) is 4.21. The SMILES string of the molecule is CNC(Cc1cccc(F)c1Br)c1ccc(C)s1. The molecular weight excluding hydrogens is 313 g/mol. The molecule has 0 fully saturated rings. The van der Waals surface area contributed by atoms with E-state index >= 15 is 0 Å². The van der Waals surface area contributed by atoms with Crippen molar-refractivity contribution in [3.8, 4) is 0 Å². The van der Waals surface area contributed by atoms with Gasteiger partial charge in [-0.25, -0.2) is 4.39 Å². The van der Waals surface area contributed by atoms with E-state index in [0.29, 0.717) is 4.47 Å². The Balaban J connectivity index is 2.23. The number of nitrogens with one attached hydrogen (secondary N) is 1. The van der Waals surface area contributed by atoms with Gasteiger partial charge in [0, 0.05) is 15.8 Å². The smallest absolute Gasteiger partial charge is 0.137 e. The molecule has 1 unspecified atom stereocenters. The molecule has 0 saturated heterocycles. The van der Waals surface area contributed by atoms with Crippen LogP contribution < -0.4 is 5.32 Å². The molecule has 18 heavy (non-hydrogen) atoms.